The molecule has 0 aromatic rings. The van der Waals surface area contributed by atoms with Crippen LogP contribution in [0.15, 0.2) is 0 Å². The van der Waals surface area contributed by atoms with Gasteiger partial charge in [-0.15, -0.1) is 0 Å². The van der Waals surface area contributed by atoms with Crippen molar-refractivity contribution < 1.29 is 9.47 Å². The Hall–Kier alpha value is 0.360. The van der Waals surface area contributed by atoms with Gasteiger partial charge in [0.2, 0.25) is 0 Å². The Labute approximate surface area is 95.7 Å². The summed E-state index contributed by atoms with van der Waals surface area (Å²) >= 11 is 3.40. The largest absolute Gasteiger partial charge is 0.385 e. The number of hydrogen-bond acceptors (Lipinski definition) is 3. The molecule has 0 aliphatic carbocycles. The van der Waals surface area contributed by atoms with E-state index in [1.165, 1.54) is 12.8 Å². The van der Waals surface area contributed by atoms with Gasteiger partial charge in [0.05, 0.1) is 6.61 Å². The molecule has 3 nitrogen and oxygen atoms in total. The van der Waals surface area contributed by atoms with Crippen LogP contribution in [0.4, 0.5) is 0 Å². The van der Waals surface area contributed by atoms with Gasteiger partial charge in [-0.05, 0) is 25.8 Å². The lowest BCUT2D eigenvalue weighted by atomic mass is 10.3. The fourth-order valence-corrected chi connectivity index (χ4v) is 1.42. The topological polar surface area (TPSA) is 30.5 Å². The van der Waals surface area contributed by atoms with E-state index in [-0.39, 0.29) is 0 Å². The third-order valence-electron chi connectivity index (χ3n) is 1.80. The van der Waals surface area contributed by atoms with Crippen LogP contribution < -0.4 is 5.32 Å². The summed E-state index contributed by atoms with van der Waals surface area (Å²) < 4.78 is 10.3. The number of rotatable bonds is 11. The number of nitrogens with one attached hydrogen (secondary N) is 1. The van der Waals surface area contributed by atoms with Crippen LogP contribution in [0.5, 0.6) is 0 Å². The van der Waals surface area contributed by atoms with E-state index in [0.717, 1.165) is 44.7 Å². The van der Waals surface area contributed by atoms with E-state index < -0.39 is 0 Å². The average Bonchev–Trinajstić information content (AvgIpc) is 2.21. The lowest BCUT2D eigenvalue weighted by molar-refractivity contribution is 0.104. The van der Waals surface area contributed by atoms with Gasteiger partial charge in [0.15, 0.2) is 0 Å². The molecule has 14 heavy (non-hydrogen) atoms. The molecule has 0 aromatic carbocycles. The Balaban J connectivity index is 2.78. The summed E-state index contributed by atoms with van der Waals surface area (Å²) in [6.07, 6.45) is 3.46. The molecule has 0 bridgehead atoms. The Kier molecular flexibility index (Phi) is 13.7. The molecular formula is C10H22BrNO2. The van der Waals surface area contributed by atoms with Gasteiger partial charge in [-0.1, -0.05) is 15.9 Å². The van der Waals surface area contributed by atoms with Gasteiger partial charge in [-0.25, -0.2) is 0 Å². The predicted molar refractivity (Wildman–Crippen MR) is 63.2 cm³/mol. The van der Waals surface area contributed by atoms with Crippen LogP contribution in [0.2, 0.25) is 0 Å². The Morgan fingerprint density at radius 2 is 1.86 bits per heavy atom. The van der Waals surface area contributed by atoms with Crippen molar-refractivity contribution in [3.63, 3.8) is 0 Å². The van der Waals surface area contributed by atoms with Crippen LogP contribution in [0.3, 0.4) is 0 Å². The molecule has 86 valence electrons. The van der Waals surface area contributed by atoms with Gasteiger partial charge in [-0.3, -0.25) is 0 Å². The molecule has 0 heterocycles. The number of ether oxygens (including phenoxy) is 2. The normalized spacial score (nSPS) is 10.7. The van der Waals surface area contributed by atoms with Gasteiger partial charge in [0, 0.05) is 32.2 Å². The molecule has 0 saturated carbocycles. The highest BCUT2D eigenvalue weighted by molar-refractivity contribution is 9.09. The Morgan fingerprint density at radius 3 is 2.57 bits per heavy atom. The lowest BCUT2D eigenvalue weighted by Crippen LogP contribution is -2.21. The van der Waals surface area contributed by atoms with Crippen LogP contribution in [0.25, 0.3) is 0 Å². The maximum absolute atomic E-state index is 5.39. The van der Waals surface area contributed by atoms with E-state index in [9.17, 15) is 0 Å². The van der Waals surface area contributed by atoms with Crippen molar-refractivity contribution in [2.45, 2.75) is 19.3 Å². The molecule has 0 atom stereocenters. The van der Waals surface area contributed by atoms with E-state index in [2.05, 4.69) is 21.2 Å². The molecule has 0 unspecified atom stereocenters. The number of methoxy groups -OCH3 is 1. The minimum absolute atomic E-state index is 0.790. The summed E-state index contributed by atoms with van der Waals surface area (Å²) in [5.74, 6) is 0. The molecule has 0 amide bonds. The summed E-state index contributed by atoms with van der Waals surface area (Å²) in [6, 6.07) is 0. The molecular weight excluding hydrogens is 246 g/mol. The van der Waals surface area contributed by atoms with Crippen molar-refractivity contribution in [2.24, 2.45) is 0 Å². The van der Waals surface area contributed by atoms with Crippen molar-refractivity contribution in [1.82, 2.24) is 5.32 Å². The predicted octanol–water partition coefficient (Wildman–Crippen LogP) is 1.80. The van der Waals surface area contributed by atoms with E-state index >= 15 is 0 Å². The smallest absolute Gasteiger partial charge is 0.0590 e. The fraction of sp³-hybridized carbons (Fsp3) is 1.00. The maximum Gasteiger partial charge on any atom is 0.0590 e. The highest BCUT2D eigenvalue weighted by Crippen LogP contribution is 1.91. The first-order chi connectivity index (χ1) is 6.91. The van der Waals surface area contributed by atoms with Gasteiger partial charge in [0.1, 0.15) is 0 Å². The second-order valence-corrected chi connectivity index (χ2v) is 3.90. The van der Waals surface area contributed by atoms with Crippen LogP contribution in [-0.2, 0) is 9.47 Å². The first kappa shape index (κ1) is 14.4. The molecule has 0 aromatic heterocycles. The molecule has 0 saturated heterocycles. The molecule has 0 fully saturated rings. The second-order valence-electron chi connectivity index (χ2n) is 3.10. The zero-order chi connectivity index (χ0) is 10.5. The minimum atomic E-state index is 0.790. The third kappa shape index (κ3) is 12.4. The molecule has 0 rings (SSSR count). The fourth-order valence-electron chi connectivity index (χ4n) is 1.02. The molecule has 0 spiro atoms. The molecule has 0 radical (unpaired) electrons. The van der Waals surface area contributed by atoms with E-state index in [1.54, 1.807) is 7.11 Å². The van der Waals surface area contributed by atoms with Crippen molar-refractivity contribution in [3.05, 3.63) is 0 Å². The summed E-state index contributed by atoms with van der Waals surface area (Å²) in [7, 11) is 1.71. The summed E-state index contributed by atoms with van der Waals surface area (Å²) in [5, 5.41) is 4.43. The SMILES string of the molecule is COCCCOCCNCCCCBr. The van der Waals surface area contributed by atoms with Crippen LogP contribution in [0, 0.1) is 0 Å². The highest BCUT2D eigenvalue weighted by Gasteiger charge is 1.90. The maximum atomic E-state index is 5.39. The number of halogens is 1. The van der Waals surface area contributed by atoms with E-state index in [0.29, 0.717) is 0 Å². The van der Waals surface area contributed by atoms with Gasteiger partial charge < -0.3 is 14.8 Å². The third-order valence-corrected chi connectivity index (χ3v) is 2.36. The Bertz CT molecular complexity index is 92.1. The van der Waals surface area contributed by atoms with Crippen LogP contribution in [0.1, 0.15) is 19.3 Å². The first-order valence-corrected chi connectivity index (χ1v) is 6.37. The summed E-state index contributed by atoms with van der Waals surface area (Å²) in [5.41, 5.74) is 0. The monoisotopic (exact) mass is 267 g/mol. The quantitative estimate of drug-likeness (QED) is 0.458. The van der Waals surface area contributed by atoms with Gasteiger partial charge in [0.25, 0.3) is 0 Å². The molecule has 0 aliphatic rings. The number of alkyl halides is 1. The van der Waals surface area contributed by atoms with Crippen LogP contribution in [-0.4, -0.2) is 45.4 Å². The number of unbranched alkanes of at least 4 members (excludes halogenated alkanes) is 1. The zero-order valence-corrected chi connectivity index (χ0v) is 10.6. The summed E-state index contributed by atoms with van der Waals surface area (Å²) in [4.78, 5) is 0. The lowest BCUT2D eigenvalue weighted by Gasteiger charge is -2.05. The summed E-state index contributed by atoms with van der Waals surface area (Å²) in [6.45, 7) is 4.44. The average molecular weight is 268 g/mol. The van der Waals surface area contributed by atoms with Crippen LogP contribution >= 0.6 is 15.9 Å². The molecule has 1 N–H and O–H groups in total. The number of hydrogen-bond donors (Lipinski definition) is 1. The highest BCUT2D eigenvalue weighted by atomic mass is 79.9. The van der Waals surface area contributed by atoms with Crippen molar-refractivity contribution >= 4 is 15.9 Å². The van der Waals surface area contributed by atoms with Gasteiger partial charge >= 0.3 is 0 Å². The molecule has 0 aliphatic heterocycles. The second kappa shape index (κ2) is 13.4. The first-order valence-electron chi connectivity index (χ1n) is 5.25. The van der Waals surface area contributed by atoms with E-state index in [4.69, 9.17) is 9.47 Å². The Morgan fingerprint density at radius 1 is 1.00 bits per heavy atom. The van der Waals surface area contributed by atoms with Crippen molar-refractivity contribution in [2.75, 3.05) is 45.4 Å². The van der Waals surface area contributed by atoms with Crippen molar-refractivity contribution in [3.8, 4) is 0 Å². The minimum Gasteiger partial charge on any atom is -0.385 e. The zero-order valence-electron chi connectivity index (χ0n) is 9.06. The van der Waals surface area contributed by atoms with Gasteiger partial charge in [-0.2, -0.15) is 0 Å². The molecule has 4 heteroatoms. The van der Waals surface area contributed by atoms with E-state index in [1.807, 2.05) is 0 Å². The van der Waals surface area contributed by atoms with Crippen molar-refractivity contribution in [1.29, 1.82) is 0 Å². The standard InChI is InChI=1S/C10H22BrNO2/c1-13-8-4-9-14-10-7-12-6-3-2-5-11/h12H,2-10H2,1H3.